The van der Waals surface area contributed by atoms with Gasteiger partial charge in [-0.2, -0.15) is 0 Å². The maximum Gasteiger partial charge on any atom is 0.253 e. The molecular formula is C18H27N3OS. The van der Waals surface area contributed by atoms with Crippen LogP contribution < -0.4 is 5.32 Å². The van der Waals surface area contributed by atoms with Crippen LogP contribution in [0.5, 0.6) is 0 Å². The summed E-state index contributed by atoms with van der Waals surface area (Å²) in [6.07, 6.45) is 0. The number of hydrogen-bond donors (Lipinski definition) is 1. The minimum absolute atomic E-state index is 0.00640. The summed E-state index contributed by atoms with van der Waals surface area (Å²) in [5, 5.41) is 6.13. The van der Waals surface area contributed by atoms with Crippen LogP contribution in [0.25, 0.3) is 11.4 Å². The van der Waals surface area contributed by atoms with Crippen molar-refractivity contribution in [2.75, 3.05) is 6.54 Å². The minimum atomic E-state index is 0.00640. The van der Waals surface area contributed by atoms with Gasteiger partial charge in [0.25, 0.3) is 5.91 Å². The zero-order chi connectivity index (χ0) is 17.1. The molecule has 2 aromatic rings. The lowest BCUT2D eigenvalue weighted by molar-refractivity contribution is 0.0948. The first-order valence-corrected chi connectivity index (χ1v) is 9.08. The van der Waals surface area contributed by atoms with E-state index in [9.17, 15) is 4.79 Å². The second-order valence-corrected chi connectivity index (χ2v) is 7.95. The van der Waals surface area contributed by atoms with Gasteiger partial charge < -0.3 is 9.88 Å². The fourth-order valence-corrected chi connectivity index (χ4v) is 3.17. The maximum atomic E-state index is 12.5. The van der Waals surface area contributed by atoms with Gasteiger partial charge >= 0.3 is 0 Å². The van der Waals surface area contributed by atoms with E-state index in [1.165, 1.54) is 0 Å². The number of thiazole rings is 1. The molecule has 0 saturated heterocycles. The van der Waals surface area contributed by atoms with Gasteiger partial charge in [0.1, 0.15) is 0 Å². The molecule has 4 nitrogen and oxygen atoms in total. The van der Waals surface area contributed by atoms with Gasteiger partial charge in [0.2, 0.25) is 0 Å². The Labute approximate surface area is 142 Å². The second-order valence-electron chi connectivity index (χ2n) is 6.89. The van der Waals surface area contributed by atoms with Crippen LogP contribution >= 0.6 is 11.3 Å². The molecule has 126 valence electrons. The van der Waals surface area contributed by atoms with Gasteiger partial charge in [-0.25, -0.2) is 4.98 Å². The van der Waals surface area contributed by atoms with Crippen LogP contribution in [-0.2, 0) is 6.54 Å². The lowest BCUT2D eigenvalue weighted by Gasteiger charge is -2.13. The summed E-state index contributed by atoms with van der Waals surface area (Å²) >= 11 is 1.64. The molecule has 5 heteroatoms. The summed E-state index contributed by atoms with van der Waals surface area (Å²) in [5.41, 5.74) is 3.77. The number of aromatic nitrogens is 2. The van der Waals surface area contributed by atoms with Crippen molar-refractivity contribution in [3.05, 3.63) is 27.7 Å². The summed E-state index contributed by atoms with van der Waals surface area (Å²) in [7, 11) is 0. The minimum Gasteiger partial charge on any atom is -0.352 e. The zero-order valence-electron chi connectivity index (χ0n) is 14.9. The Hall–Kier alpha value is -1.62. The Morgan fingerprint density at radius 3 is 2.48 bits per heavy atom. The van der Waals surface area contributed by atoms with Crippen molar-refractivity contribution in [3.8, 4) is 11.4 Å². The summed E-state index contributed by atoms with van der Waals surface area (Å²) in [5.74, 6) is 0.954. The fourth-order valence-electron chi connectivity index (χ4n) is 2.56. The topological polar surface area (TPSA) is 46.9 Å². The molecule has 0 bridgehead atoms. The summed E-state index contributed by atoms with van der Waals surface area (Å²) in [6.45, 7) is 14.2. The van der Waals surface area contributed by atoms with Crippen molar-refractivity contribution in [2.45, 2.75) is 48.1 Å². The molecule has 2 rings (SSSR count). The maximum absolute atomic E-state index is 12.5. The molecule has 2 aromatic heterocycles. The van der Waals surface area contributed by atoms with Crippen LogP contribution in [0, 0.1) is 25.7 Å². The van der Waals surface area contributed by atoms with Crippen molar-refractivity contribution in [1.82, 2.24) is 14.9 Å². The lowest BCUT2D eigenvalue weighted by atomic mass is 10.2. The molecule has 1 amide bonds. The van der Waals surface area contributed by atoms with E-state index < -0.39 is 0 Å². The van der Waals surface area contributed by atoms with E-state index >= 15 is 0 Å². The van der Waals surface area contributed by atoms with Crippen LogP contribution in [0.3, 0.4) is 0 Å². The highest BCUT2D eigenvalue weighted by molar-refractivity contribution is 7.09. The van der Waals surface area contributed by atoms with Gasteiger partial charge in [0, 0.05) is 24.2 Å². The van der Waals surface area contributed by atoms with E-state index in [2.05, 4.69) is 47.9 Å². The Bertz CT molecular complexity index is 682. The summed E-state index contributed by atoms with van der Waals surface area (Å²) in [6, 6.07) is 1.99. The third kappa shape index (κ3) is 4.22. The van der Waals surface area contributed by atoms with E-state index in [0.717, 1.165) is 34.2 Å². The average Bonchev–Trinajstić information content (AvgIpc) is 3.01. The van der Waals surface area contributed by atoms with Gasteiger partial charge in [0.15, 0.2) is 0 Å². The molecule has 1 N–H and O–H groups in total. The lowest BCUT2D eigenvalue weighted by Crippen LogP contribution is -2.27. The van der Waals surface area contributed by atoms with Gasteiger partial charge in [0.05, 0.1) is 22.0 Å². The summed E-state index contributed by atoms with van der Waals surface area (Å²) in [4.78, 5) is 17.1. The van der Waals surface area contributed by atoms with Gasteiger partial charge in [-0.1, -0.05) is 27.7 Å². The highest BCUT2D eigenvalue weighted by Crippen LogP contribution is 2.28. The molecule has 0 radical (unpaired) electrons. The Morgan fingerprint density at radius 1 is 1.26 bits per heavy atom. The van der Waals surface area contributed by atoms with Crippen LogP contribution in [0.15, 0.2) is 11.4 Å². The molecule has 0 aliphatic rings. The standard InChI is InChI=1S/C18H27N3OS/c1-11(2)8-19-18(22)15-7-17(16-10-23-14(6)20-16)21(13(15)5)9-12(3)4/h7,10-12H,8-9H2,1-6H3,(H,19,22). The smallest absolute Gasteiger partial charge is 0.253 e. The van der Waals surface area contributed by atoms with Gasteiger partial charge in [-0.15, -0.1) is 11.3 Å². The van der Waals surface area contributed by atoms with Crippen molar-refractivity contribution in [1.29, 1.82) is 0 Å². The highest BCUT2D eigenvalue weighted by Gasteiger charge is 2.20. The number of hydrogen-bond acceptors (Lipinski definition) is 3. The molecule has 0 saturated carbocycles. The fraction of sp³-hybridized carbons (Fsp3) is 0.556. The number of amides is 1. The zero-order valence-corrected chi connectivity index (χ0v) is 15.8. The highest BCUT2D eigenvalue weighted by atomic mass is 32.1. The number of nitrogens with zero attached hydrogens (tertiary/aromatic N) is 2. The quantitative estimate of drug-likeness (QED) is 0.858. The molecule has 0 atom stereocenters. The first kappa shape index (κ1) is 17.7. The molecule has 2 heterocycles. The molecule has 23 heavy (non-hydrogen) atoms. The number of carbonyl (C=O) groups excluding carboxylic acids is 1. The SMILES string of the molecule is Cc1nc(-c2cc(C(=O)NCC(C)C)c(C)n2CC(C)C)cs1. The van der Waals surface area contributed by atoms with Crippen molar-refractivity contribution >= 4 is 17.2 Å². The molecule has 0 unspecified atom stereocenters. The third-order valence-corrected chi connectivity index (χ3v) is 4.48. The molecule has 0 aliphatic heterocycles. The molecule has 0 aromatic carbocycles. The molecular weight excluding hydrogens is 306 g/mol. The largest absolute Gasteiger partial charge is 0.352 e. The predicted molar refractivity (Wildman–Crippen MR) is 97.0 cm³/mol. The monoisotopic (exact) mass is 333 g/mol. The van der Waals surface area contributed by atoms with Crippen LogP contribution in [0.1, 0.15) is 48.8 Å². The first-order chi connectivity index (χ1) is 10.8. The third-order valence-electron chi connectivity index (χ3n) is 3.71. The predicted octanol–water partition coefficient (Wildman–Crippen LogP) is 4.27. The van der Waals surface area contributed by atoms with E-state index in [1.807, 2.05) is 19.9 Å². The van der Waals surface area contributed by atoms with Crippen LogP contribution in [-0.4, -0.2) is 22.0 Å². The molecule has 0 fully saturated rings. The number of carbonyl (C=O) groups is 1. The second kappa shape index (κ2) is 7.30. The van der Waals surface area contributed by atoms with E-state index in [4.69, 9.17) is 0 Å². The molecule has 0 aliphatic carbocycles. The number of aryl methyl sites for hydroxylation is 1. The van der Waals surface area contributed by atoms with Crippen molar-refractivity contribution in [3.63, 3.8) is 0 Å². The van der Waals surface area contributed by atoms with E-state index in [-0.39, 0.29) is 5.91 Å². The van der Waals surface area contributed by atoms with E-state index in [0.29, 0.717) is 18.4 Å². The summed E-state index contributed by atoms with van der Waals surface area (Å²) < 4.78 is 2.23. The van der Waals surface area contributed by atoms with Gasteiger partial charge in [-0.05, 0) is 31.7 Å². The van der Waals surface area contributed by atoms with Crippen LogP contribution in [0.4, 0.5) is 0 Å². The normalized spacial score (nSPS) is 11.5. The van der Waals surface area contributed by atoms with Crippen molar-refractivity contribution < 1.29 is 4.79 Å². The first-order valence-electron chi connectivity index (χ1n) is 8.20. The Morgan fingerprint density at radius 2 is 1.96 bits per heavy atom. The average molecular weight is 334 g/mol. The van der Waals surface area contributed by atoms with Crippen LogP contribution in [0.2, 0.25) is 0 Å². The Balaban J connectivity index is 2.41. The number of rotatable bonds is 6. The van der Waals surface area contributed by atoms with Crippen molar-refractivity contribution in [2.24, 2.45) is 11.8 Å². The van der Waals surface area contributed by atoms with Gasteiger partial charge in [-0.3, -0.25) is 4.79 Å². The Kier molecular flexibility index (Phi) is 5.63. The number of nitrogens with one attached hydrogen (secondary N) is 1. The van der Waals surface area contributed by atoms with E-state index in [1.54, 1.807) is 11.3 Å². The molecule has 0 spiro atoms.